The molecular formula is C20H25N3OS2. The van der Waals surface area contributed by atoms with Crippen molar-refractivity contribution in [3.8, 4) is 0 Å². The first-order chi connectivity index (χ1) is 12.6. The second kappa shape index (κ2) is 6.48. The van der Waals surface area contributed by atoms with E-state index in [2.05, 4.69) is 32.3 Å². The van der Waals surface area contributed by atoms with Crippen LogP contribution in [0.2, 0.25) is 0 Å². The van der Waals surface area contributed by atoms with E-state index in [0.717, 1.165) is 54.4 Å². The van der Waals surface area contributed by atoms with E-state index in [-0.39, 0.29) is 5.41 Å². The summed E-state index contributed by atoms with van der Waals surface area (Å²) >= 11 is 3.32. The number of carbonyl (C=O) groups excluding carboxylic acids is 1. The van der Waals surface area contributed by atoms with Gasteiger partial charge in [-0.25, -0.2) is 0 Å². The van der Waals surface area contributed by atoms with Crippen LogP contribution in [-0.4, -0.2) is 26.3 Å². The van der Waals surface area contributed by atoms with Crippen LogP contribution in [0.1, 0.15) is 49.2 Å². The zero-order valence-corrected chi connectivity index (χ0v) is 16.8. The van der Waals surface area contributed by atoms with Crippen molar-refractivity contribution in [1.82, 2.24) is 14.8 Å². The highest BCUT2D eigenvalue weighted by Gasteiger charge is 2.54. The maximum Gasteiger partial charge on any atom is 0.191 e. The molecule has 4 saturated carbocycles. The van der Waals surface area contributed by atoms with Gasteiger partial charge in [-0.3, -0.25) is 4.79 Å². The average Bonchev–Trinajstić information content (AvgIpc) is 3.23. The van der Waals surface area contributed by atoms with Gasteiger partial charge in [0.25, 0.3) is 0 Å². The SMILES string of the molecule is Cn1c(Cc2cccs2)nnc1SCC(=O)C12CC3CC(CC(C3)C1)C2. The Balaban J connectivity index is 1.25. The maximum absolute atomic E-state index is 13.2. The molecule has 4 bridgehead atoms. The zero-order valence-electron chi connectivity index (χ0n) is 15.2. The molecule has 0 radical (unpaired) electrons. The van der Waals surface area contributed by atoms with Crippen LogP contribution in [0.5, 0.6) is 0 Å². The number of rotatable bonds is 6. The van der Waals surface area contributed by atoms with Crippen LogP contribution in [0.3, 0.4) is 0 Å². The Morgan fingerprint density at radius 3 is 2.54 bits per heavy atom. The molecule has 0 N–H and O–H groups in total. The fourth-order valence-corrected chi connectivity index (χ4v) is 7.59. The minimum atomic E-state index is 0.000140. The van der Waals surface area contributed by atoms with Crippen molar-refractivity contribution in [1.29, 1.82) is 0 Å². The van der Waals surface area contributed by atoms with Gasteiger partial charge in [-0.1, -0.05) is 17.8 Å². The second-order valence-corrected chi connectivity index (χ2v) is 10.6. The van der Waals surface area contributed by atoms with Crippen molar-refractivity contribution in [2.45, 2.75) is 50.1 Å². The number of aromatic nitrogens is 3. The summed E-state index contributed by atoms with van der Waals surface area (Å²) in [4.78, 5) is 14.5. The van der Waals surface area contributed by atoms with Crippen LogP contribution in [-0.2, 0) is 18.3 Å². The fourth-order valence-electron chi connectivity index (χ4n) is 5.93. The van der Waals surface area contributed by atoms with Gasteiger partial charge in [-0.15, -0.1) is 21.5 Å². The van der Waals surface area contributed by atoms with E-state index in [9.17, 15) is 4.79 Å². The summed E-state index contributed by atoms with van der Waals surface area (Å²) in [6, 6.07) is 4.19. The molecule has 0 unspecified atom stereocenters. The van der Waals surface area contributed by atoms with E-state index in [1.165, 1.54) is 24.1 Å². The quantitative estimate of drug-likeness (QED) is 0.692. The highest BCUT2D eigenvalue weighted by Crippen LogP contribution is 2.60. The molecule has 6 heteroatoms. The molecule has 0 amide bonds. The lowest BCUT2D eigenvalue weighted by molar-refractivity contribution is -0.141. The zero-order chi connectivity index (χ0) is 17.7. The topological polar surface area (TPSA) is 47.8 Å². The van der Waals surface area contributed by atoms with Crippen LogP contribution in [0.15, 0.2) is 22.7 Å². The van der Waals surface area contributed by atoms with Gasteiger partial charge in [0.1, 0.15) is 11.6 Å². The summed E-state index contributed by atoms with van der Waals surface area (Å²) in [5, 5.41) is 11.7. The Kier molecular flexibility index (Phi) is 4.24. The number of hydrogen-bond acceptors (Lipinski definition) is 5. The van der Waals surface area contributed by atoms with Crippen LogP contribution < -0.4 is 0 Å². The summed E-state index contributed by atoms with van der Waals surface area (Å²) in [5.41, 5.74) is 0.000140. The van der Waals surface area contributed by atoms with Gasteiger partial charge in [-0.2, -0.15) is 0 Å². The molecule has 0 atom stereocenters. The molecule has 4 aliphatic carbocycles. The first-order valence-electron chi connectivity index (χ1n) is 9.68. The third-order valence-electron chi connectivity index (χ3n) is 6.80. The van der Waals surface area contributed by atoms with E-state index in [1.807, 2.05) is 7.05 Å². The van der Waals surface area contributed by atoms with Gasteiger partial charge in [0, 0.05) is 23.8 Å². The number of Topliss-reactive ketones (excluding diaryl/α,β-unsaturated/α-hetero) is 1. The molecule has 4 aliphatic rings. The number of nitrogens with zero attached hydrogens (tertiary/aromatic N) is 3. The van der Waals surface area contributed by atoms with Gasteiger partial charge in [0.15, 0.2) is 5.16 Å². The molecule has 26 heavy (non-hydrogen) atoms. The lowest BCUT2D eigenvalue weighted by Gasteiger charge is -2.56. The molecule has 2 aromatic heterocycles. The number of ketones is 1. The Bertz CT molecular complexity index is 776. The summed E-state index contributed by atoms with van der Waals surface area (Å²) in [6.45, 7) is 0. The van der Waals surface area contributed by atoms with Gasteiger partial charge in [0.05, 0.1) is 5.75 Å². The molecule has 0 saturated heterocycles. The monoisotopic (exact) mass is 387 g/mol. The molecule has 2 aromatic rings. The predicted octanol–water partition coefficient (Wildman–Crippen LogP) is 4.35. The van der Waals surface area contributed by atoms with Crippen molar-refractivity contribution < 1.29 is 4.79 Å². The molecule has 0 spiro atoms. The minimum absolute atomic E-state index is 0.000140. The van der Waals surface area contributed by atoms with Crippen molar-refractivity contribution in [3.63, 3.8) is 0 Å². The van der Waals surface area contributed by atoms with Crippen LogP contribution in [0.25, 0.3) is 0 Å². The Hall–Kier alpha value is -1.14. The first kappa shape index (κ1) is 17.0. The van der Waals surface area contributed by atoms with Crippen LogP contribution >= 0.6 is 23.1 Å². The largest absolute Gasteiger partial charge is 0.309 e. The van der Waals surface area contributed by atoms with Gasteiger partial charge in [0.2, 0.25) is 0 Å². The molecule has 0 aromatic carbocycles. The number of carbonyl (C=O) groups is 1. The molecule has 138 valence electrons. The Morgan fingerprint density at radius 2 is 1.92 bits per heavy atom. The van der Waals surface area contributed by atoms with Crippen molar-refractivity contribution in [3.05, 3.63) is 28.2 Å². The standard InChI is InChI=1S/C20H25N3OS2/c1-23-18(8-16-3-2-4-25-16)21-22-19(23)26-12-17(24)20-9-13-5-14(10-20)7-15(6-13)11-20/h2-4,13-15H,5-12H2,1H3. The van der Waals surface area contributed by atoms with Crippen molar-refractivity contribution in [2.75, 3.05) is 5.75 Å². The Morgan fingerprint density at radius 1 is 1.23 bits per heavy atom. The molecule has 4 nitrogen and oxygen atoms in total. The number of thioether (sulfide) groups is 1. The summed E-state index contributed by atoms with van der Waals surface area (Å²) < 4.78 is 2.05. The predicted molar refractivity (Wildman–Crippen MR) is 104 cm³/mol. The third-order valence-corrected chi connectivity index (χ3v) is 8.70. The van der Waals surface area contributed by atoms with E-state index in [0.29, 0.717) is 11.5 Å². The van der Waals surface area contributed by atoms with Gasteiger partial charge in [-0.05, 0) is 67.7 Å². The minimum Gasteiger partial charge on any atom is -0.309 e. The lowest BCUT2D eigenvalue weighted by Crippen LogP contribution is -2.50. The van der Waals surface area contributed by atoms with E-state index >= 15 is 0 Å². The maximum atomic E-state index is 13.2. The third kappa shape index (κ3) is 2.95. The Labute approximate surface area is 162 Å². The molecule has 4 fully saturated rings. The van der Waals surface area contributed by atoms with Crippen LogP contribution in [0, 0.1) is 23.2 Å². The van der Waals surface area contributed by atoms with Crippen molar-refractivity contribution in [2.24, 2.45) is 30.2 Å². The number of thiophene rings is 1. The lowest BCUT2D eigenvalue weighted by atomic mass is 9.48. The van der Waals surface area contributed by atoms with Gasteiger partial charge >= 0.3 is 0 Å². The highest BCUT2D eigenvalue weighted by atomic mass is 32.2. The summed E-state index contributed by atoms with van der Waals surface area (Å²) in [7, 11) is 2.01. The van der Waals surface area contributed by atoms with E-state index in [1.54, 1.807) is 23.1 Å². The van der Waals surface area contributed by atoms with E-state index < -0.39 is 0 Å². The summed E-state index contributed by atoms with van der Waals surface area (Å²) in [6.07, 6.45) is 8.42. The highest BCUT2D eigenvalue weighted by molar-refractivity contribution is 7.99. The van der Waals surface area contributed by atoms with Gasteiger partial charge < -0.3 is 4.57 Å². The molecular weight excluding hydrogens is 362 g/mol. The molecule has 6 rings (SSSR count). The first-order valence-corrected chi connectivity index (χ1v) is 11.5. The van der Waals surface area contributed by atoms with Crippen LogP contribution in [0.4, 0.5) is 0 Å². The molecule has 0 aliphatic heterocycles. The normalized spacial score (nSPS) is 32.3. The second-order valence-electron chi connectivity index (χ2n) is 8.62. The number of hydrogen-bond donors (Lipinski definition) is 0. The fraction of sp³-hybridized carbons (Fsp3) is 0.650. The smallest absolute Gasteiger partial charge is 0.191 e. The van der Waals surface area contributed by atoms with E-state index in [4.69, 9.17) is 0 Å². The average molecular weight is 388 g/mol. The summed E-state index contributed by atoms with van der Waals surface area (Å²) in [5.74, 6) is 4.46. The molecule has 2 heterocycles. The van der Waals surface area contributed by atoms with Crippen molar-refractivity contribution >= 4 is 28.9 Å².